The van der Waals surface area contributed by atoms with Crippen molar-refractivity contribution in [2.75, 3.05) is 12.9 Å². The molecule has 0 unspecified atom stereocenters. The molecule has 0 saturated carbocycles. The summed E-state index contributed by atoms with van der Waals surface area (Å²) < 4.78 is 6.26. The topological polar surface area (TPSA) is 65.0 Å². The van der Waals surface area contributed by atoms with Gasteiger partial charge in [0.1, 0.15) is 27.8 Å². The van der Waals surface area contributed by atoms with Crippen molar-refractivity contribution in [3.8, 4) is 17.0 Å². The second-order valence-electron chi connectivity index (χ2n) is 4.99. The first-order valence-corrected chi connectivity index (χ1v) is 8.79. The quantitative estimate of drug-likeness (QED) is 0.656. The second kappa shape index (κ2) is 6.64. The summed E-state index contributed by atoms with van der Waals surface area (Å²) in [6.07, 6.45) is 0. The SMILES string of the molecule is COc1cccc(-c2nnc(SCC(C)=O)c3nc(C)sc23)c1. The summed E-state index contributed by atoms with van der Waals surface area (Å²) in [5.41, 5.74) is 2.54. The number of benzene rings is 1. The van der Waals surface area contributed by atoms with Crippen LogP contribution in [0.4, 0.5) is 0 Å². The molecule has 0 spiro atoms. The number of ketones is 1. The van der Waals surface area contributed by atoms with Crippen molar-refractivity contribution in [3.05, 3.63) is 29.3 Å². The number of aryl methyl sites for hydroxylation is 1. The predicted molar refractivity (Wildman–Crippen MR) is 93.3 cm³/mol. The summed E-state index contributed by atoms with van der Waals surface area (Å²) in [5.74, 6) is 1.25. The van der Waals surface area contributed by atoms with Crippen LogP contribution in [0.3, 0.4) is 0 Å². The number of carbonyl (C=O) groups is 1. The minimum absolute atomic E-state index is 0.105. The number of thiazole rings is 1. The van der Waals surface area contributed by atoms with Crippen molar-refractivity contribution < 1.29 is 9.53 Å². The van der Waals surface area contributed by atoms with Crippen LogP contribution in [0, 0.1) is 6.92 Å². The molecule has 0 aliphatic rings. The van der Waals surface area contributed by atoms with Crippen molar-refractivity contribution in [1.82, 2.24) is 15.2 Å². The van der Waals surface area contributed by atoms with E-state index in [0.717, 1.165) is 32.2 Å². The van der Waals surface area contributed by atoms with Gasteiger partial charge in [0.25, 0.3) is 0 Å². The van der Waals surface area contributed by atoms with Gasteiger partial charge in [-0.3, -0.25) is 4.79 Å². The van der Waals surface area contributed by atoms with Gasteiger partial charge in [0.15, 0.2) is 0 Å². The number of thioether (sulfide) groups is 1. The third-order valence-electron chi connectivity index (χ3n) is 3.15. The molecule has 0 atom stereocenters. The van der Waals surface area contributed by atoms with Crippen LogP contribution in [0.5, 0.6) is 5.75 Å². The van der Waals surface area contributed by atoms with Crippen LogP contribution in [-0.2, 0) is 4.79 Å². The van der Waals surface area contributed by atoms with E-state index in [0.29, 0.717) is 10.8 Å². The number of fused-ring (bicyclic) bond motifs is 1. The van der Waals surface area contributed by atoms with Gasteiger partial charge in [-0.25, -0.2) is 4.98 Å². The molecule has 0 saturated heterocycles. The molecule has 1 aromatic carbocycles. The monoisotopic (exact) mass is 345 g/mol. The smallest absolute Gasteiger partial charge is 0.146 e. The molecule has 0 aliphatic carbocycles. The van der Waals surface area contributed by atoms with E-state index in [1.54, 1.807) is 25.4 Å². The van der Waals surface area contributed by atoms with E-state index in [2.05, 4.69) is 15.2 Å². The zero-order valence-corrected chi connectivity index (χ0v) is 14.6. The molecular weight excluding hydrogens is 330 g/mol. The van der Waals surface area contributed by atoms with Crippen LogP contribution < -0.4 is 4.74 Å². The lowest BCUT2D eigenvalue weighted by molar-refractivity contribution is -0.114. The van der Waals surface area contributed by atoms with Crippen molar-refractivity contribution in [3.63, 3.8) is 0 Å². The van der Waals surface area contributed by atoms with Crippen LogP contribution >= 0.6 is 23.1 Å². The molecule has 3 aromatic rings. The number of hydrogen-bond acceptors (Lipinski definition) is 7. The molecule has 118 valence electrons. The number of hydrogen-bond donors (Lipinski definition) is 0. The minimum atomic E-state index is 0.105. The Morgan fingerprint density at radius 1 is 1.35 bits per heavy atom. The summed E-state index contributed by atoms with van der Waals surface area (Å²) in [5, 5.41) is 10.3. The summed E-state index contributed by atoms with van der Waals surface area (Å²) in [4.78, 5) is 15.8. The van der Waals surface area contributed by atoms with Crippen LogP contribution in [0.15, 0.2) is 29.3 Å². The van der Waals surface area contributed by atoms with Gasteiger partial charge in [-0.05, 0) is 26.0 Å². The van der Waals surface area contributed by atoms with Crippen molar-refractivity contribution in [1.29, 1.82) is 0 Å². The van der Waals surface area contributed by atoms with Gasteiger partial charge in [-0.1, -0.05) is 23.9 Å². The first-order chi connectivity index (χ1) is 11.1. The van der Waals surface area contributed by atoms with Gasteiger partial charge in [0.2, 0.25) is 0 Å². The van der Waals surface area contributed by atoms with Gasteiger partial charge in [0.05, 0.1) is 22.6 Å². The lowest BCUT2D eigenvalue weighted by atomic mass is 10.1. The van der Waals surface area contributed by atoms with Gasteiger partial charge in [-0.2, -0.15) is 0 Å². The largest absolute Gasteiger partial charge is 0.497 e. The molecule has 0 aliphatic heterocycles. The minimum Gasteiger partial charge on any atom is -0.497 e. The Morgan fingerprint density at radius 2 is 2.17 bits per heavy atom. The van der Waals surface area contributed by atoms with Gasteiger partial charge in [0, 0.05) is 5.56 Å². The van der Waals surface area contributed by atoms with E-state index in [-0.39, 0.29) is 5.78 Å². The van der Waals surface area contributed by atoms with E-state index >= 15 is 0 Å². The van der Waals surface area contributed by atoms with Crippen LogP contribution in [0.25, 0.3) is 21.5 Å². The molecule has 3 rings (SSSR count). The molecule has 5 nitrogen and oxygen atoms in total. The Bertz CT molecular complexity index is 877. The van der Waals surface area contributed by atoms with Crippen molar-refractivity contribution in [2.24, 2.45) is 0 Å². The lowest BCUT2D eigenvalue weighted by Crippen LogP contribution is -1.97. The fraction of sp³-hybridized carbons (Fsp3) is 0.250. The van der Waals surface area contributed by atoms with Crippen LogP contribution in [0.1, 0.15) is 11.9 Å². The number of methoxy groups -OCH3 is 1. The highest BCUT2D eigenvalue weighted by atomic mass is 32.2. The number of rotatable bonds is 5. The highest BCUT2D eigenvalue weighted by Gasteiger charge is 2.16. The molecular formula is C16H15N3O2S2. The number of Topliss-reactive ketones (excluding diaryl/α,β-unsaturated/α-hetero) is 1. The Morgan fingerprint density at radius 3 is 2.91 bits per heavy atom. The van der Waals surface area contributed by atoms with E-state index in [1.807, 2.05) is 31.2 Å². The maximum absolute atomic E-state index is 11.2. The summed E-state index contributed by atoms with van der Waals surface area (Å²) in [6, 6.07) is 7.72. The Labute approximate surface area is 142 Å². The third-order valence-corrected chi connectivity index (χ3v) is 5.22. The summed E-state index contributed by atoms with van der Waals surface area (Å²) in [7, 11) is 1.64. The normalized spacial score (nSPS) is 10.9. The predicted octanol–water partition coefficient (Wildman–Crippen LogP) is 3.75. The van der Waals surface area contributed by atoms with Gasteiger partial charge >= 0.3 is 0 Å². The highest BCUT2D eigenvalue weighted by molar-refractivity contribution is 8.00. The first kappa shape index (κ1) is 15.9. The van der Waals surface area contributed by atoms with Crippen molar-refractivity contribution in [2.45, 2.75) is 18.9 Å². The molecule has 0 N–H and O–H groups in total. The van der Waals surface area contributed by atoms with Crippen LogP contribution in [0.2, 0.25) is 0 Å². The first-order valence-electron chi connectivity index (χ1n) is 6.99. The van der Waals surface area contributed by atoms with E-state index < -0.39 is 0 Å². The highest BCUT2D eigenvalue weighted by Crippen LogP contribution is 2.36. The standard InChI is InChI=1S/C16H15N3O2S2/c1-9(20)8-22-16-14-15(23-10(2)17-14)13(18-19-16)11-5-4-6-12(7-11)21-3/h4-7H,8H2,1-3H3. The van der Waals surface area contributed by atoms with E-state index in [9.17, 15) is 4.79 Å². The number of aromatic nitrogens is 3. The zero-order valence-electron chi connectivity index (χ0n) is 13.0. The molecule has 0 fully saturated rings. The molecule has 0 amide bonds. The van der Waals surface area contributed by atoms with Crippen LogP contribution in [-0.4, -0.2) is 33.8 Å². The van der Waals surface area contributed by atoms with Crippen molar-refractivity contribution >= 4 is 39.1 Å². The Hall–Kier alpha value is -1.99. The summed E-state index contributed by atoms with van der Waals surface area (Å²) >= 11 is 2.96. The molecule has 0 radical (unpaired) electrons. The Kier molecular flexibility index (Phi) is 4.58. The maximum Gasteiger partial charge on any atom is 0.146 e. The average Bonchev–Trinajstić information content (AvgIpc) is 2.94. The molecule has 2 heterocycles. The number of carbonyl (C=O) groups excluding carboxylic acids is 1. The zero-order chi connectivity index (χ0) is 16.4. The molecule has 23 heavy (non-hydrogen) atoms. The lowest BCUT2D eigenvalue weighted by Gasteiger charge is -2.06. The molecule has 2 aromatic heterocycles. The fourth-order valence-corrected chi connectivity index (χ4v) is 3.86. The maximum atomic E-state index is 11.2. The average molecular weight is 345 g/mol. The molecule has 0 bridgehead atoms. The van der Waals surface area contributed by atoms with Gasteiger partial charge in [-0.15, -0.1) is 21.5 Å². The third kappa shape index (κ3) is 3.35. The fourth-order valence-electron chi connectivity index (χ4n) is 2.15. The van der Waals surface area contributed by atoms with E-state index in [4.69, 9.17) is 4.74 Å². The number of ether oxygens (including phenoxy) is 1. The molecule has 7 heteroatoms. The Balaban J connectivity index is 2.11. The summed E-state index contributed by atoms with van der Waals surface area (Å²) in [6.45, 7) is 3.52. The van der Waals surface area contributed by atoms with E-state index in [1.165, 1.54) is 11.8 Å². The second-order valence-corrected chi connectivity index (χ2v) is 7.15. The number of nitrogens with zero attached hydrogens (tertiary/aromatic N) is 3. The van der Waals surface area contributed by atoms with Gasteiger partial charge < -0.3 is 4.74 Å².